The summed E-state index contributed by atoms with van der Waals surface area (Å²) in [5.41, 5.74) is 0.376. The number of carboxylic acids is 1. The lowest BCUT2D eigenvalue weighted by Crippen LogP contribution is -2.22. The van der Waals surface area contributed by atoms with E-state index < -0.39 is 11.4 Å². The van der Waals surface area contributed by atoms with Crippen LogP contribution in [0.1, 0.15) is 35.6 Å². The molecule has 0 saturated carbocycles. The average molecular weight is 260 g/mol. The smallest absolute Gasteiger partial charge is 0.338 e. The first-order valence-electron chi connectivity index (χ1n) is 5.73. The molecule has 0 atom stereocenters. The van der Waals surface area contributed by atoms with Crippen molar-refractivity contribution in [1.82, 2.24) is 9.97 Å². The van der Waals surface area contributed by atoms with Gasteiger partial charge >= 0.3 is 5.97 Å². The molecule has 0 fully saturated rings. The molecule has 98 valence electrons. The fourth-order valence-electron chi connectivity index (χ4n) is 1.76. The van der Waals surface area contributed by atoms with Crippen molar-refractivity contribution in [3.05, 3.63) is 59.4 Å². The van der Waals surface area contributed by atoms with Gasteiger partial charge in [-0.1, -0.05) is 12.1 Å². The largest absolute Gasteiger partial charge is 0.478 e. The SMILES string of the molecule is CC(C)(c1ccc(F)cc1)c1ncc(C(=O)O)cn1. The number of hydrogen-bond donors (Lipinski definition) is 1. The van der Waals surface area contributed by atoms with E-state index in [-0.39, 0.29) is 11.4 Å². The Labute approximate surface area is 110 Å². The van der Waals surface area contributed by atoms with Gasteiger partial charge in [-0.15, -0.1) is 0 Å². The van der Waals surface area contributed by atoms with Crippen molar-refractivity contribution in [2.45, 2.75) is 19.3 Å². The number of hydrogen-bond acceptors (Lipinski definition) is 3. The third-order valence-electron chi connectivity index (χ3n) is 3.02. The maximum Gasteiger partial charge on any atom is 0.338 e. The zero-order chi connectivity index (χ0) is 14.0. The highest BCUT2D eigenvalue weighted by atomic mass is 19.1. The predicted octanol–water partition coefficient (Wildman–Crippen LogP) is 2.64. The highest BCUT2D eigenvalue weighted by Crippen LogP contribution is 2.28. The number of carbonyl (C=O) groups is 1. The molecule has 0 spiro atoms. The fourth-order valence-corrected chi connectivity index (χ4v) is 1.76. The van der Waals surface area contributed by atoms with Gasteiger partial charge in [0.1, 0.15) is 11.6 Å². The number of aromatic carboxylic acids is 1. The molecule has 0 radical (unpaired) electrons. The summed E-state index contributed by atoms with van der Waals surface area (Å²) in [5, 5.41) is 8.80. The van der Waals surface area contributed by atoms with Crippen LogP contribution in [0.4, 0.5) is 4.39 Å². The van der Waals surface area contributed by atoms with Crippen LogP contribution < -0.4 is 0 Å². The van der Waals surface area contributed by atoms with Gasteiger partial charge in [0.2, 0.25) is 0 Å². The summed E-state index contributed by atoms with van der Waals surface area (Å²) in [6.07, 6.45) is 2.55. The summed E-state index contributed by atoms with van der Waals surface area (Å²) in [4.78, 5) is 18.9. The second kappa shape index (κ2) is 4.76. The second-order valence-corrected chi connectivity index (χ2v) is 4.73. The van der Waals surface area contributed by atoms with E-state index in [0.29, 0.717) is 5.82 Å². The number of nitrogens with zero attached hydrogens (tertiary/aromatic N) is 2. The van der Waals surface area contributed by atoms with E-state index in [1.165, 1.54) is 24.5 Å². The van der Waals surface area contributed by atoms with E-state index in [4.69, 9.17) is 5.11 Å². The van der Waals surface area contributed by atoms with E-state index in [2.05, 4.69) is 9.97 Å². The van der Waals surface area contributed by atoms with E-state index in [1.54, 1.807) is 12.1 Å². The molecule has 0 unspecified atom stereocenters. The van der Waals surface area contributed by atoms with Crippen molar-refractivity contribution in [2.24, 2.45) is 0 Å². The van der Waals surface area contributed by atoms with E-state index in [9.17, 15) is 9.18 Å². The van der Waals surface area contributed by atoms with Gasteiger partial charge in [-0.3, -0.25) is 0 Å². The van der Waals surface area contributed by atoms with Crippen LogP contribution in [0.2, 0.25) is 0 Å². The normalized spacial score (nSPS) is 11.3. The van der Waals surface area contributed by atoms with Gasteiger partial charge in [0.05, 0.1) is 5.56 Å². The van der Waals surface area contributed by atoms with E-state index in [0.717, 1.165) is 5.56 Å². The third kappa shape index (κ3) is 2.59. The molecule has 4 nitrogen and oxygen atoms in total. The Kier molecular flexibility index (Phi) is 3.29. The minimum Gasteiger partial charge on any atom is -0.478 e. The van der Waals surface area contributed by atoms with Gasteiger partial charge in [-0.2, -0.15) is 0 Å². The molecular weight excluding hydrogens is 247 g/mol. The van der Waals surface area contributed by atoms with Crippen LogP contribution in [0.15, 0.2) is 36.7 Å². The minimum absolute atomic E-state index is 0.0404. The first kappa shape index (κ1) is 13.1. The van der Waals surface area contributed by atoms with Crippen LogP contribution in [-0.2, 0) is 5.41 Å². The highest BCUT2D eigenvalue weighted by Gasteiger charge is 2.26. The molecule has 1 heterocycles. The number of rotatable bonds is 3. The maximum absolute atomic E-state index is 12.9. The highest BCUT2D eigenvalue weighted by molar-refractivity contribution is 5.86. The standard InChI is InChI=1S/C14H13FN2O2/c1-14(2,10-3-5-11(15)6-4-10)13-16-7-9(8-17-13)12(18)19/h3-8H,1-2H3,(H,18,19). The topological polar surface area (TPSA) is 63.1 Å². The number of halogens is 1. The van der Waals surface area contributed by atoms with Crippen LogP contribution in [0, 0.1) is 5.82 Å². The van der Waals surface area contributed by atoms with E-state index in [1.807, 2.05) is 13.8 Å². The summed E-state index contributed by atoms with van der Waals surface area (Å²) in [6.45, 7) is 3.80. The number of benzene rings is 1. The monoisotopic (exact) mass is 260 g/mol. The Morgan fingerprint density at radius 1 is 1.16 bits per heavy atom. The lowest BCUT2D eigenvalue weighted by molar-refractivity contribution is 0.0695. The van der Waals surface area contributed by atoms with Crippen molar-refractivity contribution >= 4 is 5.97 Å². The molecule has 1 aromatic heterocycles. The Morgan fingerprint density at radius 2 is 1.68 bits per heavy atom. The van der Waals surface area contributed by atoms with Gasteiger partial charge < -0.3 is 5.11 Å². The average Bonchev–Trinajstić information content (AvgIpc) is 2.39. The van der Waals surface area contributed by atoms with Crippen LogP contribution >= 0.6 is 0 Å². The molecule has 1 N–H and O–H groups in total. The zero-order valence-electron chi connectivity index (χ0n) is 10.6. The zero-order valence-corrected chi connectivity index (χ0v) is 10.6. The molecule has 1 aromatic carbocycles. The molecule has 0 bridgehead atoms. The third-order valence-corrected chi connectivity index (χ3v) is 3.02. The Bertz CT molecular complexity index is 592. The van der Waals surface area contributed by atoms with Gasteiger partial charge in [0.25, 0.3) is 0 Å². The van der Waals surface area contributed by atoms with Gasteiger partial charge in [0, 0.05) is 17.8 Å². The molecular formula is C14H13FN2O2. The molecule has 0 aliphatic carbocycles. The summed E-state index contributed by atoms with van der Waals surface area (Å²) in [6, 6.07) is 6.10. The van der Waals surface area contributed by atoms with Crippen LogP contribution in [0.5, 0.6) is 0 Å². The van der Waals surface area contributed by atoms with E-state index >= 15 is 0 Å². The molecule has 0 saturated heterocycles. The van der Waals surface area contributed by atoms with Gasteiger partial charge in [0.15, 0.2) is 0 Å². The van der Waals surface area contributed by atoms with Crippen molar-refractivity contribution in [1.29, 1.82) is 0 Å². The Hall–Kier alpha value is -2.30. The van der Waals surface area contributed by atoms with Crippen molar-refractivity contribution in [3.63, 3.8) is 0 Å². The Balaban J connectivity index is 2.38. The number of aromatic nitrogens is 2. The van der Waals surface area contributed by atoms with Crippen molar-refractivity contribution in [3.8, 4) is 0 Å². The van der Waals surface area contributed by atoms with Crippen LogP contribution in [0.3, 0.4) is 0 Å². The molecule has 0 aliphatic heterocycles. The minimum atomic E-state index is -1.06. The van der Waals surface area contributed by atoms with Crippen LogP contribution in [-0.4, -0.2) is 21.0 Å². The second-order valence-electron chi connectivity index (χ2n) is 4.73. The van der Waals surface area contributed by atoms with Crippen LogP contribution in [0.25, 0.3) is 0 Å². The first-order chi connectivity index (χ1) is 8.91. The molecule has 19 heavy (non-hydrogen) atoms. The first-order valence-corrected chi connectivity index (χ1v) is 5.73. The quantitative estimate of drug-likeness (QED) is 0.921. The molecule has 2 rings (SSSR count). The summed E-state index contributed by atoms with van der Waals surface area (Å²) >= 11 is 0. The fraction of sp³-hybridized carbons (Fsp3) is 0.214. The molecule has 2 aromatic rings. The lowest BCUT2D eigenvalue weighted by atomic mass is 9.84. The molecule has 5 heteroatoms. The van der Waals surface area contributed by atoms with Crippen molar-refractivity contribution < 1.29 is 14.3 Å². The number of carboxylic acid groups (broad SMARTS) is 1. The summed E-state index contributed by atoms with van der Waals surface area (Å²) in [7, 11) is 0. The van der Waals surface area contributed by atoms with Gasteiger partial charge in [-0.25, -0.2) is 19.2 Å². The molecule has 0 aliphatic rings. The maximum atomic E-state index is 12.9. The summed E-state index contributed by atoms with van der Waals surface area (Å²) in [5.74, 6) is -0.878. The van der Waals surface area contributed by atoms with Crippen molar-refractivity contribution in [2.75, 3.05) is 0 Å². The lowest BCUT2D eigenvalue weighted by Gasteiger charge is -2.23. The Morgan fingerprint density at radius 3 is 2.16 bits per heavy atom. The van der Waals surface area contributed by atoms with Gasteiger partial charge in [-0.05, 0) is 31.5 Å². The molecule has 0 amide bonds. The summed E-state index contributed by atoms with van der Waals surface area (Å²) < 4.78 is 12.9. The predicted molar refractivity (Wildman–Crippen MR) is 67.5 cm³/mol.